The highest BCUT2D eigenvalue weighted by Gasteiger charge is 2.08. The molecule has 0 saturated carbocycles. The molecule has 0 saturated heterocycles. The summed E-state index contributed by atoms with van der Waals surface area (Å²) < 4.78 is 4.34. The van der Waals surface area contributed by atoms with Gasteiger partial charge >= 0.3 is 0 Å². The molecular weight excluding hydrogens is 138 g/mol. The Morgan fingerprint density at radius 3 is 3.00 bits per heavy atom. The molecule has 6 nitrogen and oxygen atoms in total. The van der Waals surface area contributed by atoms with E-state index in [0.29, 0.717) is 0 Å². The van der Waals surface area contributed by atoms with Gasteiger partial charge in [0.2, 0.25) is 5.88 Å². The van der Waals surface area contributed by atoms with E-state index in [2.05, 4.69) is 9.68 Å². The molecule has 1 rings (SSSR count). The highest BCUT2D eigenvalue weighted by Crippen LogP contribution is 2.02. The topological polar surface area (TPSA) is 101 Å². The molecule has 54 valence electrons. The normalized spacial score (nSPS) is 9.30. The molecule has 0 fully saturated rings. The number of hydrogen-bond acceptors (Lipinski definition) is 5. The monoisotopic (exact) mass is 143 g/mol. The SMILES string of the molecule is Nc1cc(C(=O)NO)no1. The largest absolute Gasteiger partial charge is 0.368 e. The Hall–Kier alpha value is -1.56. The van der Waals surface area contributed by atoms with Crippen molar-refractivity contribution in [2.45, 2.75) is 0 Å². The zero-order chi connectivity index (χ0) is 7.56. The van der Waals surface area contributed by atoms with Crippen LogP contribution in [-0.2, 0) is 0 Å². The van der Waals surface area contributed by atoms with Crippen LogP contribution in [0.3, 0.4) is 0 Å². The van der Waals surface area contributed by atoms with Gasteiger partial charge in [0.25, 0.3) is 5.91 Å². The van der Waals surface area contributed by atoms with Crippen LogP contribution in [0.2, 0.25) is 0 Å². The summed E-state index contributed by atoms with van der Waals surface area (Å²) in [4.78, 5) is 10.5. The molecule has 1 aromatic rings. The number of amides is 1. The van der Waals surface area contributed by atoms with Crippen molar-refractivity contribution in [1.29, 1.82) is 0 Å². The maximum absolute atomic E-state index is 10.5. The van der Waals surface area contributed by atoms with Crippen molar-refractivity contribution in [2.75, 3.05) is 5.73 Å². The predicted molar refractivity (Wildman–Crippen MR) is 30.2 cm³/mol. The van der Waals surface area contributed by atoms with Crippen LogP contribution in [0.1, 0.15) is 10.5 Å². The van der Waals surface area contributed by atoms with Crippen LogP contribution in [0.5, 0.6) is 0 Å². The molecule has 0 radical (unpaired) electrons. The lowest BCUT2D eigenvalue weighted by molar-refractivity contribution is 0.0696. The minimum Gasteiger partial charge on any atom is -0.368 e. The molecule has 1 amide bonds. The zero-order valence-electron chi connectivity index (χ0n) is 4.87. The van der Waals surface area contributed by atoms with Crippen molar-refractivity contribution in [1.82, 2.24) is 10.6 Å². The zero-order valence-corrected chi connectivity index (χ0v) is 4.87. The van der Waals surface area contributed by atoms with E-state index in [1.165, 1.54) is 11.5 Å². The number of hydrogen-bond donors (Lipinski definition) is 3. The average Bonchev–Trinajstić information content (AvgIpc) is 2.34. The second-order valence-electron chi connectivity index (χ2n) is 1.56. The first-order valence-corrected chi connectivity index (χ1v) is 2.40. The van der Waals surface area contributed by atoms with Crippen LogP contribution in [0.25, 0.3) is 0 Å². The molecule has 0 bridgehead atoms. The van der Waals surface area contributed by atoms with Gasteiger partial charge < -0.3 is 10.3 Å². The first kappa shape index (κ1) is 6.56. The quantitative estimate of drug-likeness (QED) is 0.359. The van der Waals surface area contributed by atoms with Crippen LogP contribution in [0, 0.1) is 0 Å². The maximum Gasteiger partial charge on any atom is 0.296 e. The lowest BCUT2D eigenvalue weighted by atomic mass is 10.4. The number of carbonyl (C=O) groups excluding carboxylic acids is 1. The third kappa shape index (κ3) is 1.06. The average molecular weight is 143 g/mol. The lowest BCUT2D eigenvalue weighted by Gasteiger charge is -1.86. The van der Waals surface area contributed by atoms with Crippen molar-refractivity contribution in [3.8, 4) is 0 Å². The number of carbonyl (C=O) groups is 1. The number of nitrogen functional groups attached to an aromatic ring is 1. The van der Waals surface area contributed by atoms with Crippen molar-refractivity contribution in [3.05, 3.63) is 11.8 Å². The standard InChI is InChI=1S/C4H5N3O3/c5-3-1-2(7-10-3)4(8)6-9/h1,9H,5H2,(H,6,8). The number of nitrogens with two attached hydrogens (primary N) is 1. The maximum atomic E-state index is 10.5. The highest BCUT2D eigenvalue weighted by atomic mass is 16.5. The fraction of sp³-hybridized carbons (Fsp3) is 0. The molecule has 0 aliphatic rings. The molecular formula is C4H5N3O3. The van der Waals surface area contributed by atoms with Gasteiger partial charge in [-0.25, -0.2) is 5.48 Å². The van der Waals surface area contributed by atoms with Gasteiger partial charge in [-0.15, -0.1) is 0 Å². The molecule has 0 aliphatic heterocycles. The van der Waals surface area contributed by atoms with Gasteiger partial charge in [0.1, 0.15) is 0 Å². The molecule has 4 N–H and O–H groups in total. The summed E-state index contributed by atoms with van der Waals surface area (Å²) in [5.41, 5.74) is 6.40. The lowest BCUT2D eigenvalue weighted by Crippen LogP contribution is -2.18. The summed E-state index contributed by atoms with van der Waals surface area (Å²) in [6.07, 6.45) is 0. The van der Waals surface area contributed by atoms with Crippen molar-refractivity contribution < 1.29 is 14.5 Å². The molecule has 0 aliphatic carbocycles. The van der Waals surface area contributed by atoms with Gasteiger partial charge in [0.15, 0.2) is 5.69 Å². The number of rotatable bonds is 1. The molecule has 10 heavy (non-hydrogen) atoms. The molecule has 6 heteroatoms. The van der Waals surface area contributed by atoms with Crippen molar-refractivity contribution >= 4 is 11.8 Å². The van der Waals surface area contributed by atoms with E-state index in [1.807, 2.05) is 0 Å². The van der Waals surface area contributed by atoms with Crippen LogP contribution >= 0.6 is 0 Å². The Morgan fingerprint density at radius 2 is 2.60 bits per heavy atom. The first-order valence-electron chi connectivity index (χ1n) is 2.40. The number of hydroxylamine groups is 1. The predicted octanol–water partition coefficient (Wildman–Crippen LogP) is -0.624. The van der Waals surface area contributed by atoms with Gasteiger partial charge in [0.05, 0.1) is 0 Å². The van der Waals surface area contributed by atoms with E-state index in [0.717, 1.165) is 0 Å². The van der Waals surface area contributed by atoms with E-state index >= 15 is 0 Å². The van der Waals surface area contributed by atoms with Crippen LogP contribution in [0.15, 0.2) is 10.6 Å². The summed E-state index contributed by atoms with van der Waals surface area (Å²) in [7, 11) is 0. The van der Waals surface area contributed by atoms with E-state index in [-0.39, 0.29) is 11.6 Å². The van der Waals surface area contributed by atoms with Crippen LogP contribution < -0.4 is 11.2 Å². The van der Waals surface area contributed by atoms with Gasteiger partial charge in [-0.05, 0) is 0 Å². The third-order valence-corrected chi connectivity index (χ3v) is 0.863. The van der Waals surface area contributed by atoms with Gasteiger partial charge in [-0.1, -0.05) is 5.16 Å². The Labute approximate surface area is 55.6 Å². The summed E-state index contributed by atoms with van der Waals surface area (Å²) in [6, 6.07) is 1.20. The summed E-state index contributed by atoms with van der Waals surface area (Å²) in [5, 5.41) is 11.3. The van der Waals surface area contributed by atoms with E-state index in [4.69, 9.17) is 10.9 Å². The second-order valence-corrected chi connectivity index (χ2v) is 1.56. The Bertz CT molecular complexity index is 244. The molecule has 0 unspecified atom stereocenters. The number of aromatic nitrogens is 1. The van der Waals surface area contributed by atoms with E-state index in [9.17, 15) is 4.79 Å². The molecule has 0 atom stereocenters. The third-order valence-electron chi connectivity index (χ3n) is 0.863. The number of nitrogens with one attached hydrogen (secondary N) is 1. The Kier molecular flexibility index (Phi) is 1.55. The van der Waals surface area contributed by atoms with Crippen LogP contribution in [0.4, 0.5) is 5.88 Å². The van der Waals surface area contributed by atoms with Gasteiger partial charge in [-0.2, -0.15) is 0 Å². The minimum absolute atomic E-state index is 0.0265. The second kappa shape index (κ2) is 2.36. The molecule has 1 heterocycles. The van der Waals surface area contributed by atoms with Crippen molar-refractivity contribution in [3.63, 3.8) is 0 Å². The summed E-state index contributed by atoms with van der Waals surface area (Å²) in [6.45, 7) is 0. The fourth-order valence-electron chi connectivity index (χ4n) is 0.454. The van der Waals surface area contributed by atoms with E-state index in [1.54, 1.807) is 0 Å². The first-order chi connectivity index (χ1) is 4.74. The van der Waals surface area contributed by atoms with E-state index < -0.39 is 5.91 Å². The molecule has 1 aromatic heterocycles. The van der Waals surface area contributed by atoms with Gasteiger partial charge in [-0.3, -0.25) is 10.0 Å². The molecule has 0 aromatic carbocycles. The Morgan fingerprint density at radius 1 is 1.90 bits per heavy atom. The highest BCUT2D eigenvalue weighted by molar-refractivity contribution is 5.91. The summed E-state index contributed by atoms with van der Waals surface area (Å²) in [5.74, 6) is -0.723. The van der Waals surface area contributed by atoms with Crippen molar-refractivity contribution in [2.24, 2.45) is 0 Å². The smallest absolute Gasteiger partial charge is 0.296 e. The fourth-order valence-corrected chi connectivity index (χ4v) is 0.454. The van der Waals surface area contributed by atoms with Crippen LogP contribution in [-0.4, -0.2) is 16.3 Å². The van der Waals surface area contributed by atoms with Gasteiger partial charge in [0, 0.05) is 6.07 Å². The minimum atomic E-state index is -0.750. The Balaban J connectivity index is 2.85. The number of anilines is 1. The summed E-state index contributed by atoms with van der Waals surface area (Å²) >= 11 is 0. The molecule has 0 spiro atoms. The number of nitrogens with zero attached hydrogens (tertiary/aromatic N) is 1.